The normalized spacial score (nSPS) is 37.5. The fourth-order valence-electron chi connectivity index (χ4n) is 1.31. The molecule has 0 aromatic rings. The lowest BCUT2D eigenvalue weighted by Gasteiger charge is -2.37. The summed E-state index contributed by atoms with van der Waals surface area (Å²) in [5.41, 5.74) is 5.73. The first-order valence-electron chi connectivity index (χ1n) is 4.05. The Hall–Kier alpha value is -0.0800. The number of ether oxygens (including phenoxy) is 1. The topological polar surface area (TPSA) is 35.2 Å². The molecule has 1 unspecified atom stereocenters. The van der Waals surface area contributed by atoms with E-state index in [1.54, 1.807) is 0 Å². The van der Waals surface area contributed by atoms with Crippen LogP contribution in [0, 0.1) is 0 Å². The Morgan fingerprint density at radius 1 is 1.50 bits per heavy atom. The van der Waals surface area contributed by atoms with E-state index >= 15 is 0 Å². The van der Waals surface area contributed by atoms with Crippen LogP contribution in [0.4, 0.5) is 0 Å². The van der Waals surface area contributed by atoms with Crippen LogP contribution in [-0.2, 0) is 4.74 Å². The maximum atomic E-state index is 5.78. The van der Waals surface area contributed by atoms with Gasteiger partial charge in [0, 0.05) is 12.6 Å². The Morgan fingerprint density at radius 3 is 2.50 bits per heavy atom. The van der Waals surface area contributed by atoms with Gasteiger partial charge in [-0.3, -0.25) is 0 Å². The van der Waals surface area contributed by atoms with Crippen molar-refractivity contribution >= 4 is 0 Å². The third-order valence-electron chi connectivity index (χ3n) is 2.46. The molecule has 10 heavy (non-hydrogen) atoms. The van der Waals surface area contributed by atoms with Crippen LogP contribution in [0.3, 0.4) is 0 Å². The van der Waals surface area contributed by atoms with E-state index in [0.717, 1.165) is 13.0 Å². The minimum absolute atomic E-state index is 0.0434. The van der Waals surface area contributed by atoms with Gasteiger partial charge in [0.2, 0.25) is 0 Å². The van der Waals surface area contributed by atoms with Crippen LogP contribution in [0.2, 0.25) is 0 Å². The van der Waals surface area contributed by atoms with Crippen LogP contribution < -0.4 is 5.73 Å². The third kappa shape index (κ3) is 1.50. The lowest BCUT2D eigenvalue weighted by Crippen LogP contribution is -2.47. The Balaban J connectivity index is 2.48. The first-order chi connectivity index (χ1) is 4.65. The number of hydrogen-bond acceptors (Lipinski definition) is 2. The standard InChI is InChI=1S/C8H17NO/c1-7(9)8(2)5-3-4-6-10-8/h7H,3-6,9H2,1-2H3/t7-,8?/m1/s1. The highest BCUT2D eigenvalue weighted by Crippen LogP contribution is 2.26. The number of nitrogens with two attached hydrogens (primary N) is 1. The zero-order chi connectivity index (χ0) is 7.61. The molecule has 0 radical (unpaired) electrons. The predicted molar refractivity (Wildman–Crippen MR) is 41.9 cm³/mol. The largest absolute Gasteiger partial charge is 0.374 e. The Morgan fingerprint density at radius 2 is 2.20 bits per heavy atom. The first-order valence-corrected chi connectivity index (χ1v) is 4.05. The van der Waals surface area contributed by atoms with Gasteiger partial charge in [-0.25, -0.2) is 0 Å². The van der Waals surface area contributed by atoms with Gasteiger partial charge in [0.15, 0.2) is 0 Å². The second-order valence-corrected chi connectivity index (χ2v) is 3.41. The molecular formula is C8H17NO. The van der Waals surface area contributed by atoms with Crippen molar-refractivity contribution in [3.63, 3.8) is 0 Å². The van der Waals surface area contributed by atoms with Crippen molar-refractivity contribution in [2.45, 2.75) is 44.8 Å². The summed E-state index contributed by atoms with van der Waals surface area (Å²) >= 11 is 0. The third-order valence-corrected chi connectivity index (χ3v) is 2.46. The van der Waals surface area contributed by atoms with Gasteiger partial charge in [-0.15, -0.1) is 0 Å². The summed E-state index contributed by atoms with van der Waals surface area (Å²) in [6.07, 6.45) is 3.57. The highest BCUT2D eigenvalue weighted by molar-refractivity contribution is 4.86. The Bertz CT molecular complexity index is 106. The van der Waals surface area contributed by atoms with E-state index in [9.17, 15) is 0 Å². The van der Waals surface area contributed by atoms with Crippen molar-refractivity contribution in [1.82, 2.24) is 0 Å². The molecule has 0 aliphatic carbocycles. The van der Waals surface area contributed by atoms with E-state index < -0.39 is 0 Å². The van der Waals surface area contributed by atoms with Gasteiger partial charge in [0.25, 0.3) is 0 Å². The molecule has 1 aliphatic heterocycles. The molecular weight excluding hydrogens is 126 g/mol. The van der Waals surface area contributed by atoms with Crippen molar-refractivity contribution in [2.75, 3.05) is 6.61 Å². The fraction of sp³-hybridized carbons (Fsp3) is 1.00. The predicted octanol–water partition coefficient (Wildman–Crippen LogP) is 1.29. The van der Waals surface area contributed by atoms with Crippen LogP contribution in [0.15, 0.2) is 0 Å². The minimum atomic E-state index is -0.0434. The van der Waals surface area contributed by atoms with Crippen LogP contribution >= 0.6 is 0 Å². The molecule has 0 saturated carbocycles. The Labute approximate surface area is 62.7 Å². The van der Waals surface area contributed by atoms with E-state index in [0.29, 0.717) is 0 Å². The molecule has 1 heterocycles. The molecule has 2 heteroatoms. The number of rotatable bonds is 1. The molecule has 0 aromatic carbocycles. The quantitative estimate of drug-likeness (QED) is 0.600. The molecule has 60 valence electrons. The average molecular weight is 143 g/mol. The number of hydrogen-bond donors (Lipinski definition) is 1. The molecule has 1 aliphatic rings. The van der Waals surface area contributed by atoms with Crippen molar-refractivity contribution < 1.29 is 4.74 Å². The molecule has 2 atom stereocenters. The van der Waals surface area contributed by atoms with Gasteiger partial charge in [-0.2, -0.15) is 0 Å². The highest BCUT2D eigenvalue weighted by atomic mass is 16.5. The molecule has 1 rings (SSSR count). The van der Waals surface area contributed by atoms with E-state index in [1.165, 1.54) is 12.8 Å². The maximum absolute atomic E-state index is 5.78. The zero-order valence-corrected chi connectivity index (χ0v) is 6.89. The highest BCUT2D eigenvalue weighted by Gasteiger charge is 2.31. The Kier molecular flexibility index (Phi) is 2.32. The van der Waals surface area contributed by atoms with Gasteiger partial charge in [-0.05, 0) is 33.1 Å². The van der Waals surface area contributed by atoms with Crippen molar-refractivity contribution in [3.05, 3.63) is 0 Å². The van der Waals surface area contributed by atoms with E-state index in [1.807, 2.05) is 6.92 Å². The first kappa shape index (κ1) is 8.02. The summed E-state index contributed by atoms with van der Waals surface area (Å²) in [5.74, 6) is 0. The minimum Gasteiger partial charge on any atom is -0.374 e. The van der Waals surface area contributed by atoms with Crippen molar-refractivity contribution in [1.29, 1.82) is 0 Å². The van der Waals surface area contributed by atoms with Crippen LogP contribution in [0.25, 0.3) is 0 Å². The molecule has 2 nitrogen and oxygen atoms in total. The molecule has 0 bridgehead atoms. The lowest BCUT2D eigenvalue weighted by atomic mass is 9.90. The zero-order valence-electron chi connectivity index (χ0n) is 6.89. The summed E-state index contributed by atoms with van der Waals surface area (Å²) in [4.78, 5) is 0. The van der Waals surface area contributed by atoms with Crippen molar-refractivity contribution in [2.24, 2.45) is 5.73 Å². The fourth-order valence-corrected chi connectivity index (χ4v) is 1.31. The smallest absolute Gasteiger partial charge is 0.0801 e. The molecule has 0 amide bonds. The van der Waals surface area contributed by atoms with Crippen LogP contribution in [-0.4, -0.2) is 18.2 Å². The second-order valence-electron chi connectivity index (χ2n) is 3.41. The molecule has 1 fully saturated rings. The molecule has 0 spiro atoms. The van der Waals surface area contributed by atoms with Gasteiger partial charge < -0.3 is 10.5 Å². The van der Waals surface area contributed by atoms with Crippen LogP contribution in [0.5, 0.6) is 0 Å². The molecule has 0 aromatic heterocycles. The van der Waals surface area contributed by atoms with Crippen LogP contribution in [0.1, 0.15) is 33.1 Å². The molecule has 2 N–H and O–H groups in total. The van der Waals surface area contributed by atoms with Crippen molar-refractivity contribution in [3.8, 4) is 0 Å². The summed E-state index contributed by atoms with van der Waals surface area (Å²) in [5, 5.41) is 0. The van der Waals surface area contributed by atoms with Gasteiger partial charge in [0.05, 0.1) is 5.60 Å². The van der Waals surface area contributed by atoms with E-state index in [-0.39, 0.29) is 11.6 Å². The summed E-state index contributed by atoms with van der Waals surface area (Å²) < 4.78 is 5.60. The second kappa shape index (κ2) is 2.89. The molecule has 1 saturated heterocycles. The van der Waals surface area contributed by atoms with Gasteiger partial charge >= 0.3 is 0 Å². The van der Waals surface area contributed by atoms with Gasteiger partial charge in [-0.1, -0.05) is 0 Å². The summed E-state index contributed by atoms with van der Waals surface area (Å²) in [6, 6.07) is 0.160. The van der Waals surface area contributed by atoms with E-state index in [4.69, 9.17) is 10.5 Å². The average Bonchev–Trinajstić information content (AvgIpc) is 1.89. The lowest BCUT2D eigenvalue weighted by molar-refractivity contribution is -0.0775. The summed E-state index contributed by atoms with van der Waals surface area (Å²) in [6.45, 7) is 5.01. The van der Waals surface area contributed by atoms with Gasteiger partial charge in [0.1, 0.15) is 0 Å². The summed E-state index contributed by atoms with van der Waals surface area (Å²) in [7, 11) is 0. The van der Waals surface area contributed by atoms with E-state index in [2.05, 4.69) is 6.92 Å². The maximum Gasteiger partial charge on any atom is 0.0801 e. The SMILES string of the molecule is C[C@@H](N)C1(C)CCCCO1. The monoisotopic (exact) mass is 143 g/mol.